The molecule has 0 rings (SSSR count). The quantitative estimate of drug-likeness (QED) is 0.406. The van der Waals surface area contributed by atoms with E-state index in [1.54, 1.807) is 0 Å². The van der Waals surface area contributed by atoms with Crippen LogP contribution in [-0.2, 0) is 9.53 Å². The fourth-order valence-corrected chi connectivity index (χ4v) is 2.03. The normalized spacial score (nSPS) is 10.9. The lowest BCUT2D eigenvalue weighted by molar-refractivity contribution is -0.143. The fourth-order valence-electron chi connectivity index (χ4n) is 2.03. The first-order chi connectivity index (χ1) is 9.16. The fraction of sp³-hybridized carbons (Fsp3) is 0.938. The average molecular weight is 271 g/mol. The van der Waals surface area contributed by atoms with Gasteiger partial charge in [0.05, 0.1) is 6.61 Å². The second kappa shape index (κ2) is 13.9. The molecule has 0 heterocycles. The Labute approximate surface area is 119 Å². The monoisotopic (exact) mass is 271 g/mol. The zero-order valence-corrected chi connectivity index (χ0v) is 13.0. The number of rotatable bonds is 13. The number of ether oxygens (including phenoxy) is 1. The van der Waals surface area contributed by atoms with Crippen LogP contribution in [0, 0.1) is 5.92 Å². The second-order valence-electron chi connectivity index (χ2n) is 5.77. The van der Waals surface area contributed by atoms with Crippen molar-refractivity contribution in [1.82, 2.24) is 0 Å². The third-order valence-corrected chi connectivity index (χ3v) is 3.27. The van der Waals surface area contributed by atoms with E-state index in [0.717, 1.165) is 25.2 Å². The third kappa shape index (κ3) is 15.4. The highest BCUT2D eigenvalue weighted by atomic mass is 16.5. The van der Waals surface area contributed by atoms with Crippen molar-refractivity contribution in [2.45, 2.75) is 78.1 Å². The van der Waals surface area contributed by atoms with Gasteiger partial charge in [-0.3, -0.25) is 4.79 Å². The van der Waals surface area contributed by atoms with E-state index in [0.29, 0.717) is 19.6 Å². The Morgan fingerprint density at radius 1 is 0.947 bits per heavy atom. The zero-order chi connectivity index (χ0) is 14.3. The van der Waals surface area contributed by atoms with E-state index < -0.39 is 0 Å². The molecule has 0 aliphatic rings. The van der Waals surface area contributed by atoms with Crippen molar-refractivity contribution in [3.8, 4) is 0 Å². The van der Waals surface area contributed by atoms with Crippen LogP contribution in [0.2, 0.25) is 0 Å². The van der Waals surface area contributed by atoms with Crippen molar-refractivity contribution in [2.75, 3.05) is 13.2 Å². The molecule has 0 atom stereocenters. The van der Waals surface area contributed by atoms with Gasteiger partial charge in [0.25, 0.3) is 0 Å². The summed E-state index contributed by atoms with van der Waals surface area (Å²) in [6, 6.07) is 0. The molecule has 3 nitrogen and oxygen atoms in total. The highest BCUT2D eigenvalue weighted by molar-refractivity contribution is 5.69. The van der Waals surface area contributed by atoms with E-state index in [1.165, 1.54) is 38.5 Å². The maximum absolute atomic E-state index is 11.3. The van der Waals surface area contributed by atoms with Crippen LogP contribution < -0.4 is 5.73 Å². The summed E-state index contributed by atoms with van der Waals surface area (Å²) in [7, 11) is 0. The van der Waals surface area contributed by atoms with Crippen LogP contribution in [0.15, 0.2) is 0 Å². The Balaban J connectivity index is 3.11. The standard InChI is InChI=1S/C16H33NO2/c1-15(2)11-7-5-3-4-6-10-14-19-16(18)12-8-9-13-17/h15H,3-14,17H2,1-2H3. The van der Waals surface area contributed by atoms with E-state index in [2.05, 4.69) is 13.8 Å². The molecule has 0 spiro atoms. The molecule has 0 aromatic heterocycles. The van der Waals surface area contributed by atoms with E-state index >= 15 is 0 Å². The van der Waals surface area contributed by atoms with Gasteiger partial charge in [-0.25, -0.2) is 0 Å². The van der Waals surface area contributed by atoms with Gasteiger partial charge in [-0.1, -0.05) is 52.4 Å². The molecule has 0 fully saturated rings. The largest absolute Gasteiger partial charge is 0.466 e. The molecule has 3 heteroatoms. The molecule has 0 aromatic carbocycles. The summed E-state index contributed by atoms with van der Waals surface area (Å²) in [5.41, 5.74) is 5.37. The SMILES string of the molecule is CC(C)CCCCCCCCOC(=O)CCCCN. The van der Waals surface area contributed by atoms with Crippen LogP contribution >= 0.6 is 0 Å². The summed E-state index contributed by atoms with van der Waals surface area (Å²) in [6.45, 7) is 5.81. The Kier molecular flexibility index (Phi) is 13.4. The van der Waals surface area contributed by atoms with Crippen molar-refractivity contribution in [2.24, 2.45) is 11.7 Å². The molecule has 114 valence electrons. The molecule has 0 aromatic rings. The van der Waals surface area contributed by atoms with Crippen LogP contribution in [-0.4, -0.2) is 19.1 Å². The predicted molar refractivity (Wildman–Crippen MR) is 81.0 cm³/mol. The van der Waals surface area contributed by atoms with Crippen molar-refractivity contribution in [1.29, 1.82) is 0 Å². The lowest BCUT2D eigenvalue weighted by atomic mass is 10.0. The summed E-state index contributed by atoms with van der Waals surface area (Å²) in [5, 5.41) is 0. The molecular weight excluding hydrogens is 238 g/mol. The number of hydrogen-bond donors (Lipinski definition) is 1. The van der Waals surface area contributed by atoms with Crippen LogP contribution in [0.25, 0.3) is 0 Å². The van der Waals surface area contributed by atoms with Gasteiger partial charge in [-0.2, -0.15) is 0 Å². The molecule has 0 aliphatic carbocycles. The van der Waals surface area contributed by atoms with Crippen molar-refractivity contribution in [3.05, 3.63) is 0 Å². The minimum absolute atomic E-state index is 0.0645. The maximum atomic E-state index is 11.3. The molecule has 0 saturated heterocycles. The van der Waals surface area contributed by atoms with Gasteiger partial charge in [0.15, 0.2) is 0 Å². The maximum Gasteiger partial charge on any atom is 0.305 e. The van der Waals surface area contributed by atoms with Gasteiger partial charge in [0, 0.05) is 6.42 Å². The Bertz CT molecular complexity index is 205. The molecule has 0 amide bonds. The average Bonchev–Trinajstić information content (AvgIpc) is 2.36. The number of hydrogen-bond acceptors (Lipinski definition) is 3. The number of unbranched alkanes of at least 4 members (excludes halogenated alkanes) is 6. The van der Waals surface area contributed by atoms with Gasteiger partial charge in [-0.05, 0) is 31.7 Å². The molecule has 0 aliphatic heterocycles. The van der Waals surface area contributed by atoms with Gasteiger partial charge in [0.2, 0.25) is 0 Å². The van der Waals surface area contributed by atoms with E-state index in [4.69, 9.17) is 10.5 Å². The molecule has 0 unspecified atom stereocenters. The molecule has 0 radical (unpaired) electrons. The minimum Gasteiger partial charge on any atom is -0.466 e. The first kappa shape index (κ1) is 18.4. The number of carbonyl (C=O) groups is 1. The molecular formula is C16H33NO2. The van der Waals surface area contributed by atoms with Crippen LogP contribution in [0.1, 0.15) is 78.1 Å². The predicted octanol–water partition coefficient (Wildman–Crippen LogP) is 4.05. The molecule has 2 N–H and O–H groups in total. The minimum atomic E-state index is -0.0645. The van der Waals surface area contributed by atoms with Crippen molar-refractivity contribution < 1.29 is 9.53 Å². The topological polar surface area (TPSA) is 52.3 Å². The lowest BCUT2D eigenvalue weighted by Crippen LogP contribution is -2.07. The Hall–Kier alpha value is -0.570. The summed E-state index contributed by atoms with van der Waals surface area (Å²) < 4.78 is 5.17. The van der Waals surface area contributed by atoms with Gasteiger partial charge in [0.1, 0.15) is 0 Å². The second-order valence-corrected chi connectivity index (χ2v) is 5.77. The van der Waals surface area contributed by atoms with E-state index in [-0.39, 0.29) is 5.97 Å². The van der Waals surface area contributed by atoms with Crippen LogP contribution in [0.5, 0.6) is 0 Å². The highest BCUT2D eigenvalue weighted by Crippen LogP contribution is 2.11. The highest BCUT2D eigenvalue weighted by Gasteiger charge is 2.01. The number of esters is 1. The molecule has 19 heavy (non-hydrogen) atoms. The summed E-state index contributed by atoms with van der Waals surface area (Å²) in [5.74, 6) is 0.768. The van der Waals surface area contributed by atoms with Crippen molar-refractivity contribution in [3.63, 3.8) is 0 Å². The van der Waals surface area contributed by atoms with E-state index in [9.17, 15) is 4.79 Å². The Morgan fingerprint density at radius 2 is 1.58 bits per heavy atom. The number of carbonyl (C=O) groups excluding carboxylic acids is 1. The number of nitrogens with two attached hydrogens (primary N) is 1. The Morgan fingerprint density at radius 3 is 2.21 bits per heavy atom. The van der Waals surface area contributed by atoms with E-state index in [1.807, 2.05) is 0 Å². The zero-order valence-electron chi connectivity index (χ0n) is 13.0. The van der Waals surface area contributed by atoms with Crippen molar-refractivity contribution >= 4 is 5.97 Å². The first-order valence-electron chi connectivity index (χ1n) is 8.02. The summed E-state index contributed by atoms with van der Waals surface area (Å²) >= 11 is 0. The summed E-state index contributed by atoms with van der Waals surface area (Å²) in [6.07, 6.45) is 11.1. The lowest BCUT2D eigenvalue weighted by Gasteiger charge is -2.05. The summed E-state index contributed by atoms with van der Waals surface area (Å²) in [4.78, 5) is 11.3. The molecule has 0 saturated carbocycles. The third-order valence-electron chi connectivity index (χ3n) is 3.27. The first-order valence-corrected chi connectivity index (χ1v) is 8.02. The van der Waals surface area contributed by atoms with Gasteiger partial charge >= 0.3 is 5.97 Å². The molecule has 0 bridgehead atoms. The smallest absolute Gasteiger partial charge is 0.305 e. The van der Waals surface area contributed by atoms with Gasteiger partial charge < -0.3 is 10.5 Å². The van der Waals surface area contributed by atoms with Crippen LogP contribution in [0.4, 0.5) is 0 Å². The van der Waals surface area contributed by atoms with Gasteiger partial charge in [-0.15, -0.1) is 0 Å². The van der Waals surface area contributed by atoms with Crippen LogP contribution in [0.3, 0.4) is 0 Å².